The summed E-state index contributed by atoms with van der Waals surface area (Å²) < 4.78 is 19.8. The zero-order chi connectivity index (χ0) is 41.7. The summed E-state index contributed by atoms with van der Waals surface area (Å²) in [5.74, 6) is 3.08. The fourth-order valence-electron chi connectivity index (χ4n) is 8.97. The van der Waals surface area contributed by atoms with Gasteiger partial charge in [0.25, 0.3) is 0 Å². The molecule has 298 valence electrons. The molecule has 0 aliphatic carbocycles. The predicted octanol–water partition coefficient (Wildman–Crippen LogP) is 16.9. The molecule has 0 saturated heterocycles. The summed E-state index contributed by atoms with van der Waals surface area (Å²) in [6, 6.07) is 79.9. The minimum absolute atomic E-state index is 0.720. The van der Waals surface area contributed by atoms with Gasteiger partial charge in [0.05, 0.1) is 0 Å². The summed E-state index contributed by atoms with van der Waals surface area (Å²) in [6.45, 7) is 0. The van der Waals surface area contributed by atoms with Crippen molar-refractivity contribution in [2.24, 2.45) is 0 Å². The maximum Gasteiger partial charge on any atom is 0.137 e. The highest BCUT2D eigenvalue weighted by atomic mass is 16.5. The normalized spacial score (nSPS) is 11.6. The van der Waals surface area contributed by atoms with Gasteiger partial charge in [-0.05, 0) is 120 Å². The average molecular weight is 811 g/mol. The number of hydrogen-bond acceptors (Lipinski definition) is 5. The minimum Gasteiger partial charge on any atom is -0.457 e. The number of benzene rings is 10. The molecule has 1 aromatic heterocycles. The van der Waals surface area contributed by atoms with Crippen LogP contribution in [0.5, 0.6) is 23.0 Å². The minimum atomic E-state index is 0.720. The fraction of sp³-hybridized carbons (Fsp3) is 0. The van der Waals surface area contributed by atoms with E-state index in [0.717, 1.165) is 107 Å². The molecule has 2 heterocycles. The van der Waals surface area contributed by atoms with E-state index in [2.05, 4.69) is 192 Å². The van der Waals surface area contributed by atoms with Crippen molar-refractivity contribution >= 4 is 66.8 Å². The van der Waals surface area contributed by atoms with Gasteiger partial charge in [-0.1, -0.05) is 115 Å². The Morgan fingerprint density at radius 3 is 1.68 bits per heavy atom. The first-order valence-corrected chi connectivity index (χ1v) is 21.1. The van der Waals surface area contributed by atoms with Gasteiger partial charge >= 0.3 is 0 Å². The highest BCUT2D eigenvalue weighted by Crippen LogP contribution is 2.51. The van der Waals surface area contributed by atoms with Crippen LogP contribution in [-0.2, 0) is 0 Å². The maximum absolute atomic E-state index is 6.86. The highest BCUT2D eigenvalue weighted by molar-refractivity contribution is 6.08. The van der Waals surface area contributed by atoms with E-state index >= 15 is 0 Å². The second-order valence-electron chi connectivity index (χ2n) is 15.7. The molecule has 1 aliphatic rings. The number of fused-ring (bicyclic) bond motifs is 5. The summed E-state index contributed by atoms with van der Waals surface area (Å²) >= 11 is 0. The van der Waals surface area contributed by atoms with Crippen LogP contribution < -0.4 is 19.3 Å². The van der Waals surface area contributed by atoms with Crippen LogP contribution in [0.2, 0.25) is 0 Å². The monoisotopic (exact) mass is 810 g/mol. The molecule has 0 amide bonds. The highest BCUT2D eigenvalue weighted by Gasteiger charge is 2.24. The standard InChI is InChI=1S/C58H38N2O3/c1-4-14-39(15-5-1)40-26-28-43(29-27-40)60(45-31-34-55-52(37-45)48-22-10-11-24-53(48)62-55)44-20-12-21-47(36-44)61-54-35-33-50-49-32-30-46(38-57(49)63-56-25-13-23-51(54)58(50)56)59(41-16-6-2-7-17-41)42-18-8-3-9-19-42/h1-38H. The molecule has 1 aliphatic heterocycles. The van der Waals surface area contributed by atoms with E-state index in [1.165, 1.54) is 5.56 Å². The first-order chi connectivity index (χ1) is 31.2. The number of furan rings is 1. The Hall–Kier alpha value is -8.54. The van der Waals surface area contributed by atoms with Gasteiger partial charge in [-0.3, -0.25) is 0 Å². The molecule has 5 heteroatoms. The lowest BCUT2D eigenvalue weighted by molar-refractivity contribution is 0.481. The van der Waals surface area contributed by atoms with Crippen molar-refractivity contribution in [3.8, 4) is 45.3 Å². The fourth-order valence-corrected chi connectivity index (χ4v) is 8.97. The van der Waals surface area contributed by atoms with Gasteiger partial charge in [-0.25, -0.2) is 0 Å². The van der Waals surface area contributed by atoms with Gasteiger partial charge in [0.2, 0.25) is 0 Å². The van der Waals surface area contributed by atoms with Crippen LogP contribution in [0.4, 0.5) is 34.1 Å². The van der Waals surface area contributed by atoms with Crippen LogP contribution >= 0.6 is 0 Å². The van der Waals surface area contributed by atoms with Crippen LogP contribution in [0.1, 0.15) is 0 Å². The molecule has 63 heavy (non-hydrogen) atoms. The van der Waals surface area contributed by atoms with E-state index in [9.17, 15) is 0 Å². The van der Waals surface area contributed by atoms with E-state index in [-0.39, 0.29) is 0 Å². The molecule has 0 fully saturated rings. The van der Waals surface area contributed by atoms with E-state index in [1.807, 2.05) is 48.5 Å². The zero-order valence-corrected chi connectivity index (χ0v) is 34.1. The van der Waals surface area contributed by atoms with Crippen LogP contribution in [-0.4, -0.2) is 0 Å². The van der Waals surface area contributed by atoms with Crippen LogP contribution in [0.3, 0.4) is 0 Å². The van der Waals surface area contributed by atoms with Gasteiger partial charge < -0.3 is 23.7 Å². The molecule has 0 unspecified atom stereocenters. The van der Waals surface area contributed by atoms with E-state index < -0.39 is 0 Å². The first-order valence-electron chi connectivity index (χ1n) is 21.1. The van der Waals surface area contributed by atoms with Crippen molar-refractivity contribution in [3.63, 3.8) is 0 Å². The number of anilines is 6. The molecule has 12 rings (SSSR count). The van der Waals surface area contributed by atoms with Crippen molar-refractivity contribution in [2.75, 3.05) is 9.80 Å². The quantitative estimate of drug-likeness (QED) is 0.145. The molecule has 0 bridgehead atoms. The summed E-state index contributed by atoms with van der Waals surface area (Å²) in [4.78, 5) is 4.53. The molecule has 0 atom stereocenters. The van der Waals surface area contributed by atoms with Gasteiger partial charge in [0.15, 0.2) is 0 Å². The van der Waals surface area contributed by atoms with Gasteiger partial charge in [-0.2, -0.15) is 0 Å². The third-order valence-corrected chi connectivity index (χ3v) is 11.9. The smallest absolute Gasteiger partial charge is 0.137 e. The van der Waals surface area contributed by atoms with Gasteiger partial charge in [-0.15, -0.1) is 0 Å². The molecule has 11 aromatic rings. The van der Waals surface area contributed by atoms with Gasteiger partial charge in [0.1, 0.15) is 34.2 Å². The Kier molecular flexibility index (Phi) is 8.75. The second-order valence-corrected chi connectivity index (χ2v) is 15.7. The first kappa shape index (κ1) is 36.3. The Balaban J connectivity index is 0.912. The molecule has 0 radical (unpaired) electrons. The number of para-hydroxylation sites is 3. The number of rotatable bonds is 9. The molecular formula is C58H38N2O3. The zero-order valence-electron chi connectivity index (χ0n) is 34.1. The summed E-state index contributed by atoms with van der Waals surface area (Å²) in [7, 11) is 0. The number of nitrogens with zero attached hydrogens (tertiary/aromatic N) is 2. The Morgan fingerprint density at radius 2 is 0.889 bits per heavy atom. The lowest BCUT2D eigenvalue weighted by atomic mass is 9.94. The SMILES string of the molecule is c1ccc(-c2ccc(N(c3cccc(Oc4ccc5c6c(cccc46)Oc4cc(N(c6ccccc6)c6ccccc6)ccc4-5)c3)c3ccc4oc5ccccc5c4c3)cc2)cc1. The van der Waals surface area contributed by atoms with Crippen molar-refractivity contribution in [2.45, 2.75) is 0 Å². The third-order valence-electron chi connectivity index (χ3n) is 11.9. The molecule has 0 saturated carbocycles. The molecule has 0 N–H and O–H groups in total. The summed E-state index contributed by atoms with van der Waals surface area (Å²) in [5.41, 5.74) is 12.4. The summed E-state index contributed by atoms with van der Waals surface area (Å²) in [6.07, 6.45) is 0. The topological polar surface area (TPSA) is 38.1 Å². The summed E-state index contributed by atoms with van der Waals surface area (Å²) in [5, 5.41) is 4.15. The number of hydrogen-bond donors (Lipinski definition) is 0. The lowest BCUT2D eigenvalue weighted by Crippen LogP contribution is -2.10. The second kappa shape index (κ2) is 15.2. The van der Waals surface area contributed by atoms with E-state index in [0.29, 0.717) is 0 Å². The van der Waals surface area contributed by atoms with Crippen LogP contribution in [0.15, 0.2) is 235 Å². The van der Waals surface area contributed by atoms with Crippen molar-refractivity contribution in [1.82, 2.24) is 0 Å². The molecule has 5 nitrogen and oxygen atoms in total. The Bertz CT molecular complexity index is 3420. The Labute approximate surface area is 364 Å². The lowest BCUT2D eigenvalue weighted by Gasteiger charge is -2.28. The predicted molar refractivity (Wildman–Crippen MR) is 258 cm³/mol. The van der Waals surface area contributed by atoms with E-state index in [4.69, 9.17) is 13.9 Å². The Morgan fingerprint density at radius 1 is 0.333 bits per heavy atom. The molecular weight excluding hydrogens is 773 g/mol. The molecule has 10 aromatic carbocycles. The van der Waals surface area contributed by atoms with Crippen molar-refractivity contribution < 1.29 is 13.9 Å². The number of ether oxygens (including phenoxy) is 2. The van der Waals surface area contributed by atoms with Crippen molar-refractivity contribution in [1.29, 1.82) is 0 Å². The largest absolute Gasteiger partial charge is 0.457 e. The van der Waals surface area contributed by atoms with Crippen molar-refractivity contribution in [3.05, 3.63) is 231 Å². The van der Waals surface area contributed by atoms with Crippen LogP contribution in [0, 0.1) is 0 Å². The van der Waals surface area contributed by atoms with Crippen LogP contribution in [0.25, 0.3) is 55.0 Å². The van der Waals surface area contributed by atoms with E-state index in [1.54, 1.807) is 0 Å². The van der Waals surface area contributed by atoms with Gasteiger partial charge in [0, 0.05) is 73.4 Å². The molecule has 0 spiro atoms. The third kappa shape index (κ3) is 6.51. The average Bonchev–Trinajstić information content (AvgIpc) is 3.72. The maximum atomic E-state index is 6.86.